The molecule has 3 atom stereocenters. The van der Waals surface area contributed by atoms with Crippen LogP contribution in [-0.4, -0.2) is 81.9 Å². The fraction of sp³-hybridized carbons (Fsp3) is 0.405. The van der Waals surface area contributed by atoms with Gasteiger partial charge in [-0.15, -0.1) is 5.10 Å². The fourth-order valence-electron chi connectivity index (χ4n) is 8.61. The first-order valence-electron chi connectivity index (χ1n) is 19.6. The number of phenolic OH excluding ortho intramolecular Hbond substituents is 1. The molecule has 2 amide bonds. The van der Waals surface area contributed by atoms with Crippen LogP contribution in [0, 0.1) is 0 Å². The minimum absolute atomic E-state index is 0.00449. The zero-order valence-electron chi connectivity index (χ0n) is 31.6. The summed E-state index contributed by atoms with van der Waals surface area (Å²) in [6.45, 7) is 2.19. The van der Waals surface area contributed by atoms with Crippen LogP contribution in [0.25, 0.3) is 11.0 Å². The molecule has 3 saturated heterocycles. The second-order valence-corrected chi connectivity index (χ2v) is 15.2. The molecule has 3 fully saturated rings. The van der Waals surface area contributed by atoms with Gasteiger partial charge in [-0.1, -0.05) is 54.8 Å². The number of anilines is 1. The standard InChI is InChI=1S/C42H47N9O5/c1-47-40-28(12-9-16-34(40)51(42(47)56)35-19-20-39(54)44-41(35)55)11-5-3-2-4-6-13-30-25-49(46-45-30)24-29-14-10-18-38(43-29)50-27-31-23-32(50)26-48(31)22-21-37(53)33-15-7-8-17-36(33)52/h7-10,12,14-18,21-22,25,31-32,35,52H,2-6,11,13,19-20,23-24,26-27H2,1H3,(H,44,54,55)/b22-21+/t31-,32-,35?/m1/s1. The van der Waals surface area contributed by atoms with Crippen molar-refractivity contribution in [2.75, 3.05) is 18.0 Å². The van der Waals surface area contributed by atoms with Gasteiger partial charge in [0, 0.05) is 57.1 Å². The number of imide groups is 1. The number of fused-ring (bicyclic) bond motifs is 3. The molecule has 2 N–H and O–H groups in total. The van der Waals surface area contributed by atoms with Crippen molar-refractivity contribution >= 4 is 34.4 Å². The number of hydrogen-bond acceptors (Lipinski definition) is 10. The fourth-order valence-corrected chi connectivity index (χ4v) is 8.61. The van der Waals surface area contributed by atoms with Crippen LogP contribution in [-0.2, 0) is 36.0 Å². The van der Waals surface area contributed by atoms with Gasteiger partial charge in [-0.2, -0.15) is 0 Å². The Morgan fingerprint density at radius 1 is 0.911 bits per heavy atom. The molecule has 3 aliphatic rings. The quantitative estimate of drug-likeness (QED) is 0.0676. The molecule has 0 saturated carbocycles. The van der Waals surface area contributed by atoms with Gasteiger partial charge < -0.3 is 14.9 Å². The lowest BCUT2D eigenvalue weighted by molar-refractivity contribution is -0.135. The zero-order chi connectivity index (χ0) is 38.8. The van der Waals surface area contributed by atoms with E-state index in [1.54, 1.807) is 40.5 Å². The van der Waals surface area contributed by atoms with Crippen LogP contribution in [0.5, 0.6) is 5.75 Å². The maximum atomic E-state index is 13.2. The lowest BCUT2D eigenvalue weighted by Crippen LogP contribution is -2.44. The number of hydrogen-bond donors (Lipinski definition) is 2. The summed E-state index contributed by atoms with van der Waals surface area (Å²) in [6, 6.07) is 18.6. The van der Waals surface area contributed by atoms with E-state index in [-0.39, 0.29) is 29.6 Å². The lowest BCUT2D eigenvalue weighted by Gasteiger charge is -2.34. The van der Waals surface area contributed by atoms with Crippen molar-refractivity contribution in [1.29, 1.82) is 0 Å². The second kappa shape index (κ2) is 16.0. The molecule has 0 spiro atoms. The van der Waals surface area contributed by atoms with E-state index in [1.165, 1.54) is 6.07 Å². The third-order valence-corrected chi connectivity index (χ3v) is 11.5. The number of aromatic hydroxyl groups is 1. The third-order valence-electron chi connectivity index (χ3n) is 11.5. The molecule has 3 aliphatic heterocycles. The monoisotopic (exact) mass is 757 g/mol. The summed E-state index contributed by atoms with van der Waals surface area (Å²) < 4.78 is 5.03. The lowest BCUT2D eigenvalue weighted by atomic mass is 10.0. The molecule has 56 heavy (non-hydrogen) atoms. The number of piperidine rings is 1. The number of carbonyl (C=O) groups excluding carboxylic acids is 3. The molecule has 6 heterocycles. The number of nitrogens with one attached hydrogen (secondary N) is 1. The number of unbranched alkanes of at least 4 members (excludes halogenated alkanes) is 4. The number of rotatable bonds is 15. The SMILES string of the molecule is Cn1c(=O)n(C2CCC(=O)NC2=O)c2cccc(CCCCCCCc3cn(Cc4cccc(N5C[C@H]6C[C@@H]5CN6/C=C/C(=O)c5ccccc5O)n4)nn3)c21. The highest BCUT2D eigenvalue weighted by molar-refractivity contribution is 6.06. The number of aryl methyl sites for hydroxylation is 3. The number of imidazole rings is 1. The van der Waals surface area contributed by atoms with Gasteiger partial charge in [0.1, 0.15) is 17.6 Å². The van der Waals surface area contributed by atoms with Crippen LogP contribution < -0.4 is 15.9 Å². The molecular weight excluding hydrogens is 711 g/mol. The summed E-state index contributed by atoms with van der Waals surface area (Å²) in [5, 5.41) is 21.2. The average molecular weight is 758 g/mol. The van der Waals surface area contributed by atoms with E-state index in [2.05, 4.69) is 37.6 Å². The van der Waals surface area contributed by atoms with Gasteiger partial charge in [0.15, 0.2) is 5.78 Å². The summed E-state index contributed by atoms with van der Waals surface area (Å²) in [5.41, 5.74) is 4.65. The number of amides is 2. The van der Waals surface area contributed by atoms with Crippen molar-refractivity contribution in [1.82, 2.24) is 39.3 Å². The van der Waals surface area contributed by atoms with E-state index in [4.69, 9.17) is 4.98 Å². The number of benzene rings is 2. The van der Waals surface area contributed by atoms with Crippen molar-refractivity contribution in [3.63, 3.8) is 0 Å². The Hall–Kier alpha value is -6.05. The third kappa shape index (κ3) is 7.60. The number of pyridine rings is 1. The van der Waals surface area contributed by atoms with Crippen LogP contribution in [0.15, 0.2) is 83.9 Å². The van der Waals surface area contributed by atoms with Gasteiger partial charge in [-0.25, -0.2) is 14.5 Å². The van der Waals surface area contributed by atoms with Gasteiger partial charge in [0.25, 0.3) is 0 Å². The smallest absolute Gasteiger partial charge is 0.329 e. The zero-order valence-corrected chi connectivity index (χ0v) is 31.6. The van der Waals surface area contributed by atoms with E-state index in [0.717, 1.165) is 98.3 Å². The van der Waals surface area contributed by atoms with E-state index >= 15 is 0 Å². The predicted octanol–water partition coefficient (Wildman–Crippen LogP) is 4.45. The van der Waals surface area contributed by atoms with E-state index in [9.17, 15) is 24.3 Å². The van der Waals surface area contributed by atoms with Gasteiger partial charge >= 0.3 is 5.69 Å². The summed E-state index contributed by atoms with van der Waals surface area (Å²) >= 11 is 0. The van der Waals surface area contributed by atoms with Crippen LogP contribution >= 0.6 is 0 Å². The maximum Gasteiger partial charge on any atom is 0.329 e. The highest BCUT2D eigenvalue weighted by Gasteiger charge is 2.42. The largest absolute Gasteiger partial charge is 0.507 e. The summed E-state index contributed by atoms with van der Waals surface area (Å²) in [7, 11) is 1.75. The van der Waals surface area contributed by atoms with E-state index in [1.807, 2.05) is 41.3 Å². The molecule has 3 aromatic heterocycles. The molecule has 14 heteroatoms. The predicted molar refractivity (Wildman–Crippen MR) is 210 cm³/mol. The van der Waals surface area contributed by atoms with Crippen molar-refractivity contribution < 1.29 is 19.5 Å². The first-order valence-corrected chi connectivity index (χ1v) is 19.6. The van der Waals surface area contributed by atoms with Crippen LogP contribution in [0.2, 0.25) is 0 Å². The number of allylic oxidation sites excluding steroid dienone is 1. The highest BCUT2D eigenvalue weighted by atomic mass is 16.3. The first-order chi connectivity index (χ1) is 27.2. The molecule has 2 bridgehead atoms. The minimum Gasteiger partial charge on any atom is -0.507 e. The highest BCUT2D eigenvalue weighted by Crippen LogP contribution is 2.34. The average Bonchev–Trinajstić information content (AvgIpc) is 3.98. The number of para-hydroxylation sites is 2. The van der Waals surface area contributed by atoms with Crippen molar-refractivity contribution in [2.24, 2.45) is 7.05 Å². The van der Waals surface area contributed by atoms with Crippen molar-refractivity contribution in [3.8, 4) is 5.75 Å². The normalized spacial score (nSPS) is 19.5. The number of ketones is 1. The summed E-state index contributed by atoms with van der Waals surface area (Å²) in [5.74, 6) is 0.0323. The Balaban J connectivity index is 0.774. The van der Waals surface area contributed by atoms with Gasteiger partial charge in [-0.3, -0.25) is 28.8 Å². The number of piperazine rings is 1. The Morgan fingerprint density at radius 3 is 2.52 bits per heavy atom. The Morgan fingerprint density at radius 2 is 1.71 bits per heavy atom. The second-order valence-electron chi connectivity index (χ2n) is 15.2. The number of likely N-dealkylation sites (tertiary alicyclic amines) is 1. The summed E-state index contributed by atoms with van der Waals surface area (Å²) in [6.07, 6.45) is 14.0. The van der Waals surface area contributed by atoms with Crippen molar-refractivity contribution in [2.45, 2.75) is 88.9 Å². The van der Waals surface area contributed by atoms with Crippen LogP contribution in [0.1, 0.15) is 84.7 Å². The molecule has 0 aliphatic carbocycles. The van der Waals surface area contributed by atoms with Crippen LogP contribution in [0.4, 0.5) is 5.82 Å². The van der Waals surface area contributed by atoms with E-state index in [0.29, 0.717) is 30.6 Å². The number of aromatic nitrogens is 6. The molecule has 14 nitrogen and oxygen atoms in total. The van der Waals surface area contributed by atoms with Crippen LogP contribution in [0.3, 0.4) is 0 Å². The molecule has 0 radical (unpaired) electrons. The Bertz CT molecular complexity index is 2360. The minimum atomic E-state index is -0.680. The number of nitrogens with zero attached hydrogens (tertiary/aromatic N) is 8. The van der Waals surface area contributed by atoms with Gasteiger partial charge in [0.2, 0.25) is 11.8 Å². The Labute approximate surface area is 324 Å². The Kier molecular flexibility index (Phi) is 10.5. The molecule has 290 valence electrons. The van der Waals surface area contributed by atoms with Gasteiger partial charge in [0.05, 0.1) is 34.5 Å². The number of phenols is 1. The molecule has 1 unspecified atom stereocenters. The van der Waals surface area contributed by atoms with Crippen molar-refractivity contribution in [3.05, 3.63) is 112 Å². The molecule has 2 aromatic carbocycles. The van der Waals surface area contributed by atoms with E-state index < -0.39 is 11.9 Å². The summed E-state index contributed by atoms with van der Waals surface area (Å²) in [4.78, 5) is 59.6. The molecule has 8 rings (SSSR count). The topological polar surface area (TPSA) is 160 Å². The maximum absolute atomic E-state index is 13.2. The van der Waals surface area contributed by atoms with Gasteiger partial charge in [-0.05, 0) is 74.4 Å². The number of carbonyl (C=O) groups is 3. The molecule has 5 aromatic rings. The first kappa shape index (κ1) is 36.9. The molecular formula is C42H47N9O5.